The number of hydrogen-bond acceptors (Lipinski definition) is 6. The fourth-order valence-corrected chi connectivity index (χ4v) is 3.38. The van der Waals surface area contributed by atoms with E-state index < -0.39 is 5.54 Å². The molecule has 0 saturated heterocycles. The maximum atomic E-state index is 12.2. The van der Waals surface area contributed by atoms with E-state index in [4.69, 9.17) is 9.47 Å². The number of carbonyl (C=O) groups excluding carboxylic acids is 1. The van der Waals surface area contributed by atoms with E-state index in [1.54, 1.807) is 11.8 Å². The zero-order chi connectivity index (χ0) is 17.7. The predicted molar refractivity (Wildman–Crippen MR) is 90.5 cm³/mol. The third-order valence-corrected chi connectivity index (χ3v) is 4.58. The molecule has 134 valence electrons. The van der Waals surface area contributed by atoms with Crippen LogP contribution in [0.2, 0.25) is 0 Å². The summed E-state index contributed by atoms with van der Waals surface area (Å²) in [4.78, 5) is 12.2. The predicted octanol–water partition coefficient (Wildman–Crippen LogP) is 1.59. The molecule has 1 aromatic heterocycles. The van der Waals surface area contributed by atoms with E-state index in [0.717, 1.165) is 43.5 Å². The molecule has 0 atom stereocenters. The van der Waals surface area contributed by atoms with Crippen LogP contribution in [0.4, 0.5) is 0 Å². The lowest BCUT2D eigenvalue weighted by Crippen LogP contribution is -2.50. The topological polar surface area (TPSA) is 91.2 Å². The second-order valence-electron chi connectivity index (χ2n) is 6.24. The van der Waals surface area contributed by atoms with Crippen molar-refractivity contribution in [3.05, 3.63) is 30.1 Å². The molecule has 1 aromatic carbocycles. The summed E-state index contributed by atoms with van der Waals surface area (Å²) in [5, 5.41) is 15.4. The van der Waals surface area contributed by atoms with Gasteiger partial charge in [0.05, 0.1) is 12.8 Å². The zero-order valence-electron chi connectivity index (χ0n) is 14.6. The first-order valence-electron chi connectivity index (χ1n) is 8.42. The van der Waals surface area contributed by atoms with E-state index in [0.29, 0.717) is 5.82 Å². The molecule has 1 fully saturated rings. The van der Waals surface area contributed by atoms with Gasteiger partial charge < -0.3 is 14.8 Å². The Labute approximate surface area is 146 Å². The number of aromatic nitrogens is 4. The van der Waals surface area contributed by atoms with E-state index >= 15 is 0 Å². The molecular weight excluding hydrogens is 322 g/mol. The first-order valence-corrected chi connectivity index (χ1v) is 8.42. The lowest BCUT2D eigenvalue weighted by Gasteiger charge is -2.36. The molecule has 2 aromatic rings. The molecule has 1 aliphatic carbocycles. The van der Waals surface area contributed by atoms with Gasteiger partial charge in [0, 0.05) is 7.11 Å². The van der Waals surface area contributed by atoms with Crippen LogP contribution in [0.25, 0.3) is 5.69 Å². The Balaban J connectivity index is 1.96. The van der Waals surface area contributed by atoms with Gasteiger partial charge in [0.2, 0.25) is 5.91 Å². The van der Waals surface area contributed by atoms with Crippen molar-refractivity contribution in [1.29, 1.82) is 0 Å². The van der Waals surface area contributed by atoms with Crippen LogP contribution in [-0.4, -0.2) is 46.9 Å². The summed E-state index contributed by atoms with van der Waals surface area (Å²) in [5.74, 6) is 1.26. The Morgan fingerprint density at radius 2 is 1.92 bits per heavy atom. The number of tetrazole rings is 1. The van der Waals surface area contributed by atoms with Crippen molar-refractivity contribution >= 4 is 5.91 Å². The Morgan fingerprint density at radius 1 is 1.20 bits per heavy atom. The number of nitrogens with one attached hydrogen (secondary N) is 1. The molecule has 8 heteroatoms. The third-order valence-electron chi connectivity index (χ3n) is 4.58. The highest BCUT2D eigenvalue weighted by Crippen LogP contribution is 2.36. The van der Waals surface area contributed by atoms with Crippen molar-refractivity contribution in [2.75, 3.05) is 20.8 Å². The number of ether oxygens (including phenoxy) is 2. The minimum Gasteiger partial charge on any atom is -0.497 e. The van der Waals surface area contributed by atoms with Crippen molar-refractivity contribution in [2.24, 2.45) is 0 Å². The molecule has 0 bridgehead atoms. The minimum atomic E-state index is -0.572. The van der Waals surface area contributed by atoms with Gasteiger partial charge in [-0.25, -0.2) is 0 Å². The minimum absolute atomic E-state index is 0.0197. The molecule has 1 heterocycles. The summed E-state index contributed by atoms with van der Waals surface area (Å²) in [5.41, 5.74) is 0.254. The number of nitrogens with zero attached hydrogens (tertiary/aromatic N) is 4. The van der Waals surface area contributed by atoms with Gasteiger partial charge in [-0.15, -0.1) is 5.10 Å². The number of amides is 1. The van der Waals surface area contributed by atoms with E-state index in [9.17, 15) is 4.79 Å². The Morgan fingerprint density at radius 3 is 2.56 bits per heavy atom. The molecule has 1 amide bonds. The molecule has 0 spiro atoms. The van der Waals surface area contributed by atoms with Gasteiger partial charge in [-0.1, -0.05) is 19.3 Å². The first kappa shape index (κ1) is 17.3. The number of carbonyl (C=O) groups is 1. The molecule has 0 aliphatic heterocycles. The molecule has 8 nitrogen and oxygen atoms in total. The second kappa shape index (κ2) is 7.60. The standard InChI is InChI=1S/C17H23N5O3/c1-24-12-15(23)18-17(10-4-3-5-11-17)16-19-20-21-22(16)13-6-8-14(25-2)9-7-13/h6-9H,3-5,10-12H2,1-2H3,(H,18,23). The van der Waals surface area contributed by atoms with Crippen LogP contribution in [0.5, 0.6) is 5.75 Å². The summed E-state index contributed by atoms with van der Waals surface area (Å²) in [6, 6.07) is 7.51. The molecule has 25 heavy (non-hydrogen) atoms. The van der Waals surface area contributed by atoms with Crippen LogP contribution in [0.15, 0.2) is 24.3 Å². The van der Waals surface area contributed by atoms with Crippen molar-refractivity contribution < 1.29 is 14.3 Å². The normalized spacial score (nSPS) is 16.4. The summed E-state index contributed by atoms with van der Waals surface area (Å²) in [6.45, 7) is 0.0197. The highest BCUT2D eigenvalue weighted by atomic mass is 16.5. The Hall–Kier alpha value is -2.48. The quantitative estimate of drug-likeness (QED) is 0.855. The molecule has 1 N–H and O–H groups in total. The third kappa shape index (κ3) is 3.63. The summed E-state index contributed by atoms with van der Waals surface area (Å²) >= 11 is 0. The van der Waals surface area contributed by atoms with E-state index in [-0.39, 0.29) is 12.5 Å². The SMILES string of the molecule is COCC(=O)NC1(c2nnnn2-c2ccc(OC)cc2)CCCCC1. The van der Waals surface area contributed by atoms with Crippen LogP contribution in [-0.2, 0) is 15.1 Å². The van der Waals surface area contributed by atoms with Crippen LogP contribution in [0, 0.1) is 0 Å². The molecular formula is C17H23N5O3. The molecule has 3 rings (SSSR count). The maximum absolute atomic E-state index is 12.2. The van der Waals surface area contributed by atoms with Crippen LogP contribution >= 0.6 is 0 Å². The summed E-state index contributed by atoms with van der Waals surface area (Å²) in [7, 11) is 3.13. The Bertz CT molecular complexity index is 707. The molecule has 0 radical (unpaired) electrons. The fourth-order valence-electron chi connectivity index (χ4n) is 3.38. The number of methoxy groups -OCH3 is 2. The van der Waals surface area contributed by atoms with Crippen LogP contribution < -0.4 is 10.1 Å². The number of rotatable bonds is 6. The van der Waals surface area contributed by atoms with Gasteiger partial charge in [-0.05, 0) is 47.5 Å². The van der Waals surface area contributed by atoms with E-state index in [1.807, 2.05) is 24.3 Å². The lowest BCUT2D eigenvalue weighted by atomic mass is 9.80. The Kier molecular flexibility index (Phi) is 5.28. The highest BCUT2D eigenvalue weighted by molar-refractivity contribution is 5.78. The van der Waals surface area contributed by atoms with E-state index in [1.165, 1.54) is 7.11 Å². The summed E-state index contributed by atoms with van der Waals surface area (Å²) < 4.78 is 11.9. The fraction of sp³-hybridized carbons (Fsp3) is 0.529. The van der Waals surface area contributed by atoms with Crippen molar-refractivity contribution in [3.63, 3.8) is 0 Å². The smallest absolute Gasteiger partial charge is 0.246 e. The largest absolute Gasteiger partial charge is 0.497 e. The van der Waals surface area contributed by atoms with Gasteiger partial charge in [0.1, 0.15) is 17.9 Å². The second-order valence-corrected chi connectivity index (χ2v) is 6.24. The van der Waals surface area contributed by atoms with Gasteiger partial charge in [0.25, 0.3) is 0 Å². The van der Waals surface area contributed by atoms with Crippen LogP contribution in [0.3, 0.4) is 0 Å². The molecule has 1 aliphatic rings. The maximum Gasteiger partial charge on any atom is 0.246 e. The molecule has 1 saturated carbocycles. The number of hydrogen-bond donors (Lipinski definition) is 1. The average Bonchev–Trinajstić information content (AvgIpc) is 3.13. The van der Waals surface area contributed by atoms with Gasteiger partial charge >= 0.3 is 0 Å². The lowest BCUT2D eigenvalue weighted by molar-refractivity contribution is -0.127. The zero-order valence-corrected chi connectivity index (χ0v) is 14.6. The van der Waals surface area contributed by atoms with Crippen molar-refractivity contribution in [3.8, 4) is 11.4 Å². The average molecular weight is 345 g/mol. The summed E-state index contributed by atoms with van der Waals surface area (Å²) in [6.07, 6.45) is 4.79. The number of benzene rings is 1. The van der Waals surface area contributed by atoms with Crippen molar-refractivity contribution in [1.82, 2.24) is 25.5 Å². The van der Waals surface area contributed by atoms with Gasteiger partial charge in [0.15, 0.2) is 5.82 Å². The van der Waals surface area contributed by atoms with Gasteiger partial charge in [-0.3, -0.25) is 4.79 Å². The monoisotopic (exact) mass is 345 g/mol. The first-order chi connectivity index (χ1) is 12.2. The van der Waals surface area contributed by atoms with E-state index in [2.05, 4.69) is 20.8 Å². The molecule has 0 unspecified atom stereocenters. The van der Waals surface area contributed by atoms with Crippen molar-refractivity contribution in [2.45, 2.75) is 37.6 Å². The van der Waals surface area contributed by atoms with Gasteiger partial charge in [-0.2, -0.15) is 4.68 Å². The van der Waals surface area contributed by atoms with Crippen LogP contribution in [0.1, 0.15) is 37.9 Å². The highest BCUT2D eigenvalue weighted by Gasteiger charge is 2.40.